The van der Waals surface area contributed by atoms with Crippen molar-refractivity contribution in [3.05, 3.63) is 45.7 Å². The Balaban J connectivity index is 1.46. The Kier molecular flexibility index (Phi) is 4.20. The van der Waals surface area contributed by atoms with Crippen LogP contribution in [-0.4, -0.2) is 16.5 Å². The molecule has 4 heteroatoms. The van der Waals surface area contributed by atoms with Crippen LogP contribution in [0.5, 0.6) is 0 Å². The Morgan fingerprint density at radius 2 is 2.16 bits per heavy atom. The molecule has 0 amide bonds. The maximum absolute atomic E-state index is 4.76. The summed E-state index contributed by atoms with van der Waals surface area (Å²) in [7, 11) is 0. The van der Waals surface area contributed by atoms with Crippen LogP contribution >= 0.6 is 11.3 Å². The van der Waals surface area contributed by atoms with Crippen LogP contribution < -0.4 is 5.32 Å². The molecule has 0 radical (unpaired) electrons. The fraction of sp³-hybridized carbons (Fsp3) is 0.467. The van der Waals surface area contributed by atoms with E-state index in [0.29, 0.717) is 0 Å². The molecule has 0 atom stereocenters. The average Bonchev–Trinajstić information content (AvgIpc) is 2.87. The molecule has 0 spiro atoms. The molecule has 3 rings (SSSR count). The fourth-order valence-electron chi connectivity index (χ4n) is 2.43. The summed E-state index contributed by atoms with van der Waals surface area (Å²) >= 11 is 1.91. The third kappa shape index (κ3) is 3.39. The zero-order valence-electron chi connectivity index (χ0n) is 11.1. The molecule has 0 aliphatic heterocycles. The summed E-state index contributed by atoms with van der Waals surface area (Å²) < 4.78 is 0. The van der Waals surface area contributed by atoms with E-state index in [2.05, 4.69) is 16.4 Å². The first-order valence-corrected chi connectivity index (χ1v) is 7.81. The molecule has 3 nitrogen and oxygen atoms in total. The Morgan fingerprint density at radius 1 is 1.21 bits per heavy atom. The van der Waals surface area contributed by atoms with E-state index in [4.69, 9.17) is 4.98 Å². The molecular weight excluding hydrogens is 254 g/mol. The number of aromatic nitrogens is 2. The third-order valence-electron chi connectivity index (χ3n) is 3.44. The van der Waals surface area contributed by atoms with Crippen molar-refractivity contribution >= 4 is 11.3 Å². The van der Waals surface area contributed by atoms with Gasteiger partial charge in [-0.2, -0.15) is 0 Å². The zero-order chi connectivity index (χ0) is 12.9. The molecule has 1 aliphatic rings. The molecule has 2 aromatic rings. The van der Waals surface area contributed by atoms with Crippen LogP contribution in [0.4, 0.5) is 0 Å². The number of nitrogens with zero attached hydrogens (tertiary/aromatic N) is 2. The highest BCUT2D eigenvalue weighted by Crippen LogP contribution is 2.26. The first-order chi connectivity index (χ1) is 9.42. The van der Waals surface area contributed by atoms with Crippen LogP contribution in [0.3, 0.4) is 0 Å². The molecule has 0 bridgehead atoms. The van der Waals surface area contributed by atoms with Crippen LogP contribution in [0.25, 0.3) is 0 Å². The molecule has 0 saturated heterocycles. The lowest BCUT2D eigenvalue weighted by Gasteiger charge is -2.06. The van der Waals surface area contributed by atoms with Gasteiger partial charge in [-0.1, -0.05) is 6.07 Å². The minimum Gasteiger partial charge on any atom is -0.311 e. The Hall–Kier alpha value is -1.26. The Morgan fingerprint density at radius 3 is 3.00 bits per heavy atom. The molecule has 0 fully saturated rings. The quantitative estimate of drug-likeness (QED) is 0.851. The van der Waals surface area contributed by atoms with E-state index < -0.39 is 0 Å². The van der Waals surface area contributed by atoms with Crippen LogP contribution in [0, 0.1) is 0 Å². The maximum atomic E-state index is 4.76. The van der Waals surface area contributed by atoms with Gasteiger partial charge < -0.3 is 5.32 Å². The lowest BCUT2D eigenvalue weighted by Crippen LogP contribution is -2.17. The largest absolute Gasteiger partial charge is 0.311 e. The zero-order valence-corrected chi connectivity index (χ0v) is 11.9. The van der Waals surface area contributed by atoms with Gasteiger partial charge in [-0.05, 0) is 37.8 Å². The van der Waals surface area contributed by atoms with Crippen molar-refractivity contribution in [1.82, 2.24) is 15.3 Å². The smallest absolute Gasteiger partial charge is 0.0943 e. The molecule has 100 valence electrons. The Labute approximate surface area is 118 Å². The van der Waals surface area contributed by atoms with Crippen molar-refractivity contribution in [2.24, 2.45) is 0 Å². The van der Waals surface area contributed by atoms with Gasteiger partial charge in [0.15, 0.2) is 0 Å². The van der Waals surface area contributed by atoms with Crippen molar-refractivity contribution in [3.8, 4) is 0 Å². The van der Waals surface area contributed by atoms with Gasteiger partial charge in [0.05, 0.1) is 16.4 Å². The molecule has 19 heavy (non-hydrogen) atoms. The molecule has 1 aliphatic carbocycles. The summed E-state index contributed by atoms with van der Waals surface area (Å²) in [6.45, 7) is 1.81. The van der Waals surface area contributed by atoms with Crippen molar-refractivity contribution in [1.29, 1.82) is 0 Å². The second-order valence-electron chi connectivity index (χ2n) is 4.93. The van der Waals surface area contributed by atoms with Gasteiger partial charge in [0, 0.05) is 30.6 Å². The minimum atomic E-state index is 0.839. The molecular formula is C15H19N3S. The second kappa shape index (κ2) is 6.26. The maximum Gasteiger partial charge on any atom is 0.0943 e. The van der Waals surface area contributed by atoms with E-state index in [1.165, 1.54) is 41.3 Å². The monoisotopic (exact) mass is 273 g/mol. The number of hydrogen-bond donors (Lipinski definition) is 1. The fourth-order valence-corrected chi connectivity index (χ4v) is 3.58. The second-order valence-corrected chi connectivity index (χ2v) is 6.10. The highest BCUT2D eigenvalue weighted by molar-refractivity contribution is 7.11. The summed E-state index contributed by atoms with van der Waals surface area (Å²) in [5.74, 6) is 0. The summed E-state index contributed by atoms with van der Waals surface area (Å²) in [5, 5.41) is 4.73. The van der Waals surface area contributed by atoms with Gasteiger partial charge in [0.1, 0.15) is 0 Å². The highest BCUT2D eigenvalue weighted by Gasteiger charge is 2.14. The molecule has 0 unspecified atom stereocenters. The van der Waals surface area contributed by atoms with E-state index in [1.807, 2.05) is 29.7 Å². The normalized spacial score (nSPS) is 14.3. The molecule has 2 heterocycles. The summed E-state index contributed by atoms with van der Waals surface area (Å²) in [6, 6.07) is 6.03. The first kappa shape index (κ1) is 12.8. The number of nitrogens with one attached hydrogen (secondary N) is 1. The number of aryl methyl sites for hydroxylation is 2. The van der Waals surface area contributed by atoms with Gasteiger partial charge in [0.2, 0.25) is 0 Å². The number of thiazole rings is 1. The molecule has 0 aromatic carbocycles. The predicted octanol–water partition coefficient (Wildman–Crippen LogP) is 2.75. The SMILES string of the molecule is c1ccc(CNCCc2nc3c(s2)CCCC3)nc1. The number of rotatable bonds is 5. The third-order valence-corrected chi connectivity index (χ3v) is 4.66. The summed E-state index contributed by atoms with van der Waals surface area (Å²) in [4.78, 5) is 10.6. The number of fused-ring (bicyclic) bond motifs is 1. The standard InChI is InChI=1S/C15H19N3S/c1-2-7-14-13(6-1)18-15(19-14)8-10-16-11-12-5-3-4-9-17-12/h3-5,9,16H,1-2,6-8,10-11H2. The predicted molar refractivity (Wildman–Crippen MR) is 78.4 cm³/mol. The van der Waals surface area contributed by atoms with Crippen molar-refractivity contribution in [2.75, 3.05) is 6.54 Å². The van der Waals surface area contributed by atoms with E-state index in [-0.39, 0.29) is 0 Å². The van der Waals surface area contributed by atoms with Crippen molar-refractivity contribution in [2.45, 2.75) is 38.6 Å². The van der Waals surface area contributed by atoms with Crippen molar-refractivity contribution in [3.63, 3.8) is 0 Å². The van der Waals surface area contributed by atoms with Crippen LogP contribution in [0.15, 0.2) is 24.4 Å². The lowest BCUT2D eigenvalue weighted by molar-refractivity contribution is 0.664. The van der Waals surface area contributed by atoms with E-state index in [0.717, 1.165) is 25.2 Å². The Bertz CT molecular complexity index is 498. The van der Waals surface area contributed by atoms with Gasteiger partial charge in [-0.3, -0.25) is 4.98 Å². The summed E-state index contributed by atoms with van der Waals surface area (Å²) in [6.07, 6.45) is 7.96. The summed E-state index contributed by atoms with van der Waals surface area (Å²) in [5.41, 5.74) is 2.47. The van der Waals surface area contributed by atoms with E-state index in [9.17, 15) is 0 Å². The number of hydrogen-bond acceptors (Lipinski definition) is 4. The molecule has 0 saturated carbocycles. The number of pyridine rings is 1. The van der Waals surface area contributed by atoms with Gasteiger partial charge in [-0.15, -0.1) is 11.3 Å². The van der Waals surface area contributed by atoms with Crippen LogP contribution in [0.1, 0.15) is 34.1 Å². The van der Waals surface area contributed by atoms with Gasteiger partial charge >= 0.3 is 0 Å². The van der Waals surface area contributed by atoms with Crippen molar-refractivity contribution < 1.29 is 0 Å². The van der Waals surface area contributed by atoms with E-state index in [1.54, 1.807) is 0 Å². The van der Waals surface area contributed by atoms with Gasteiger partial charge in [-0.25, -0.2) is 4.98 Å². The highest BCUT2D eigenvalue weighted by atomic mass is 32.1. The topological polar surface area (TPSA) is 37.8 Å². The van der Waals surface area contributed by atoms with E-state index >= 15 is 0 Å². The molecule has 2 aromatic heterocycles. The first-order valence-electron chi connectivity index (χ1n) is 7.00. The van der Waals surface area contributed by atoms with Crippen LogP contribution in [-0.2, 0) is 25.8 Å². The lowest BCUT2D eigenvalue weighted by atomic mass is 10.0. The average molecular weight is 273 g/mol. The minimum absolute atomic E-state index is 0.839. The molecule has 1 N–H and O–H groups in total. The van der Waals surface area contributed by atoms with Gasteiger partial charge in [0.25, 0.3) is 0 Å². The van der Waals surface area contributed by atoms with Crippen LogP contribution in [0.2, 0.25) is 0 Å².